The van der Waals surface area contributed by atoms with E-state index in [1.165, 1.54) is 5.56 Å². The number of hydrogen-bond donors (Lipinski definition) is 1. The molecule has 0 aromatic carbocycles. The Hall–Kier alpha value is -1.84. The lowest BCUT2D eigenvalue weighted by Crippen LogP contribution is -2.01. The second-order valence-electron chi connectivity index (χ2n) is 3.69. The van der Waals surface area contributed by atoms with Crippen LogP contribution in [0.5, 0.6) is 0 Å². The predicted octanol–water partition coefficient (Wildman–Crippen LogP) is 2.22. The van der Waals surface area contributed by atoms with Crippen molar-refractivity contribution in [2.45, 2.75) is 26.9 Å². The van der Waals surface area contributed by atoms with Crippen molar-refractivity contribution in [2.75, 3.05) is 5.32 Å². The summed E-state index contributed by atoms with van der Waals surface area (Å²) < 4.78 is 1.90. The van der Waals surface area contributed by atoms with E-state index >= 15 is 0 Å². The lowest BCUT2D eigenvalue weighted by atomic mass is 10.2. The summed E-state index contributed by atoms with van der Waals surface area (Å²) >= 11 is 0. The zero-order valence-corrected chi connectivity index (χ0v) is 9.64. The highest BCUT2D eigenvalue weighted by molar-refractivity contribution is 5.39. The van der Waals surface area contributed by atoms with Crippen LogP contribution >= 0.6 is 0 Å². The molecule has 1 N–H and O–H groups in total. The van der Waals surface area contributed by atoms with E-state index in [0.29, 0.717) is 0 Å². The molecule has 0 bridgehead atoms. The molecule has 2 heterocycles. The first kappa shape index (κ1) is 10.7. The molecule has 0 atom stereocenters. The van der Waals surface area contributed by atoms with Gasteiger partial charge in [0.25, 0.3) is 0 Å². The van der Waals surface area contributed by atoms with E-state index in [0.717, 1.165) is 24.5 Å². The summed E-state index contributed by atoms with van der Waals surface area (Å²) in [6.07, 6.45) is 5.66. The van der Waals surface area contributed by atoms with Crippen LogP contribution in [-0.4, -0.2) is 14.8 Å². The van der Waals surface area contributed by atoms with Crippen LogP contribution in [0, 0.1) is 6.92 Å². The summed E-state index contributed by atoms with van der Waals surface area (Å²) in [7, 11) is 0. The average molecular weight is 216 g/mol. The Labute approximate surface area is 95.3 Å². The van der Waals surface area contributed by atoms with Crippen LogP contribution in [0.2, 0.25) is 0 Å². The first-order chi connectivity index (χ1) is 7.79. The summed E-state index contributed by atoms with van der Waals surface area (Å²) in [6, 6.07) is 4.04. The van der Waals surface area contributed by atoms with Gasteiger partial charge in [-0.15, -0.1) is 0 Å². The molecule has 0 amide bonds. The average Bonchev–Trinajstić information content (AvgIpc) is 2.76. The van der Waals surface area contributed by atoms with Crippen LogP contribution < -0.4 is 5.32 Å². The molecular weight excluding hydrogens is 200 g/mol. The summed E-state index contributed by atoms with van der Waals surface area (Å²) in [6.45, 7) is 5.78. The molecule has 0 fully saturated rings. The number of nitrogens with zero attached hydrogens (tertiary/aromatic N) is 3. The fourth-order valence-electron chi connectivity index (χ4n) is 1.53. The van der Waals surface area contributed by atoms with Crippen LogP contribution in [-0.2, 0) is 13.1 Å². The van der Waals surface area contributed by atoms with Crippen molar-refractivity contribution >= 4 is 5.69 Å². The third kappa shape index (κ3) is 2.39. The molecule has 2 aromatic heterocycles. The number of aryl methyl sites for hydroxylation is 2. The SMILES string of the molecule is CCn1cc(NCc2cccnc2C)cn1. The van der Waals surface area contributed by atoms with Gasteiger partial charge in [0.2, 0.25) is 0 Å². The summed E-state index contributed by atoms with van der Waals surface area (Å²) in [5.74, 6) is 0. The Balaban J connectivity index is 1.99. The minimum Gasteiger partial charge on any atom is -0.378 e. The molecule has 0 saturated heterocycles. The van der Waals surface area contributed by atoms with Crippen molar-refractivity contribution in [1.82, 2.24) is 14.8 Å². The second-order valence-corrected chi connectivity index (χ2v) is 3.69. The van der Waals surface area contributed by atoms with E-state index in [-0.39, 0.29) is 0 Å². The molecule has 84 valence electrons. The highest BCUT2D eigenvalue weighted by atomic mass is 15.3. The highest BCUT2D eigenvalue weighted by Gasteiger charge is 1.99. The summed E-state index contributed by atoms with van der Waals surface area (Å²) in [5.41, 5.74) is 3.33. The molecule has 16 heavy (non-hydrogen) atoms. The fourth-order valence-corrected chi connectivity index (χ4v) is 1.53. The van der Waals surface area contributed by atoms with Gasteiger partial charge in [0.1, 0.15) is 0 Å². The van der Waals surface area contributed by atoms with E-state index in [9.17, 15) is 0 Å². The van der Waals surface area contributed by atoms with Gasteiger partial charge in [-0.25, -0.2) is 0 Å². The maximum absolute atomic E-state index is 4.25. The molecule has 0 spiro atoms. The van der Waals surface area contributed by atoms with Crippen LogP contribution in [0.15, 0.2) is 30.7 Å². The molecule has 0 saturated carbocycles. The predicted molar refractivity (Wildman–Crippen MR) is 64.2 cm³/mol. The van der Waals surface area contributed by atoms with Crippen LogP contribution in [0.25, 0.3) is 0 Å². The number of aromatic nitrogens is 3. The Morgan fingerprint density at radius 1 is 1.44 bits per heavy atom. The van der Waals surface area contributed by atoms with Gasteiger partial charge >= 0.3 is 0 Å². The van der Waals surface area contributed by atoms with Gasteiger partial charge < -0.3 is 5.32 Å². The van der Waals surface area contributed by atoms with Crippen LogP contribution in [0.3, 0.4) is 0 Å². The lowest BCUT2D eigenvalue weighted by Gasteiger charge is -2.05. The Kier molecular flexibility index (Phi) is 3.19. The third-order valence-corrected chi connectivity index (χ3v) is 2.56. The zero-order valence-electron chi connectivity index (χ0n) is 9.64. The third-order valence-electron chi connectivity index (χ3n) is 2.56. The fraction of sp³-hybridized carbons (Fsp3) is 0.333. The quantitative estimate of drug-likeness (QED) is 0.852. The minimum absolute atomic E-state index is 0.787. The van der Waals surface area contributed by atoms with E-state index in [2.05, 4.69) is 28.4 Å². The number of hydrogen-bond acceptors (Lipinski definition) is 3. The van der Waals surface area contributed by atoms with Gasteiger partial charge in [0, 0.05) is 31.2 Å². The molecule has 4 heteroatoms. The van der Waals surface area contributed by atoms with Crippen molar-refractivity contribution in [1.29, 1.82) is 0 Å². The molecule has 0 aliphatic heterocycles. The maximum atomic E-state index is 4.25. The normalized spacial score (nSPS) is 10.4. The molecule has 0 radical (unpaired) electrons. The first-order valence-electron chi connectivity index (χ1n) is 5.46. The smallest absolute Gasteiger partial charge is 0.0729 e. The van der Waals surface area contributed by atoms with Crippen molar-refractivity contribution in [3.63, 3.8) is 0 Å². The van der Waals surface area contributed by atoms with Gasteiger partial charge in [-0.1, -0.05) is 6.07 Å². The Morgan fingerprint density at radius 3 is 3.00 bits per heavy atom. The van der Waals surface area contributed by atoms with Gasteiger partial charge in [-0.05, 0) is 25.5 Å². The van der Waals surface area contributed by atoms with Crippen LogP contribution in [0.1, 0.15) is 18.2 Å². The van der Waals surface area contributed by atoms with Gasteiger partial charge in [-0.2, -0.15) is 5.10 Å². The molecule has 2 aromatic rings. The van der Waals surface area contributed by atoms with Crippen molar-refractivity contribution in [2.24, 2.45) is 0 Å². The molecule has 4 nitrogen and oxygen atoms in total. The minimum atomic E-state index is 0.787. The zero-order chi connectivity index (χ0) is 11.4. The van der Waals surface area contributed by atoms with Crippen LogP contribution in [0.4, 0.5) is 5.69 Å². The van der Waals surface area contributed by atoms with E-state index in [4.69, 9.17) is 0 Å². The molecule has 0 unspecified atom stereocenters. The largest absolute Gasteiger partial charge is 0.378 e. The molecule has 0 aliphatic rings. The molecule has 2 rings (SSSR count). The molecular formula is C12H16N4. The second kappa shape index (κ2) is 4.79. The van der Waals surface area contributed by atoms with Gasteiger partial charge in [-0.3, -0.25) is 9.67 Å². The van der Waals surface area contributed by atoms with Gasteiger partial charge in [0.15, 0.2) is 0 Å². The number of nitrogens with one attached hydrogen (secondary N) is 1. The Morgan fingerprint density at radius 2 is 2.31 bits per heavy atom. The standard InChI is InChI=1S/C12H16N4/c1-3-16-9-12(8-15-16)14-7-11-5-4-6-13-10(11)2/h4-6,8-9,14H,3,7H2,1-2H3. The van der Waals surface area contributed by atoms with Crippen molar-refractivity contribution < 1.29 is 0 Å². The topological polar surface area (TPSA) is 42.7 Å². The Bertz CT molecular complexity index is 462. The van der Waals surface area contributed by atoms with E-state index in [1.54, 1.807) is 0 Å². The van der Waals surface area contributed by atoms with Crippen molar-refractivity contribution in [3.8, 4) is 0 Å². The highest BCUT2D eigenvalue weighted by Crippen LogP contribution is 2.09. The molecule has 0 aliphatic carbocycles. The van der Waals surface area contributed by atoms with Crippen molar-refractivity contribution in [3.05, 3.63) is 42.0 Å². The summed E-state index contributed by atoms with van der Waals surface area (Å²) in [5, 5.41) is 7.54. The van der Waals surface area contributed by atoms with Gasteiger partial charge in [0.05, 0.1) is 11.9 Å². The number of anilines is 1. The number of rotatable bonds is 4. The monoisotopic (exact) mass is 216 g/mol. The first-order valence-corrected chi connectivity index (χ1v) is 5.46. The summed E-state index contributed by atoms with van der Waals surface area (Å²) in [4.78, 5) is 4.25. The maximum Gasteiger partial charge on any atom is 0.0729 e. The van der Waals surface area contributed by atoms with E-state index in [1.807, 2.05) is 36.3 Å². The number of pyridine rings is 1. The lowest BCUT2D eigenvalue weighted by molar-refractivity contribution is 0.660. The van der Waals surface area contributed by atoms with E-state index < -0.39 is 0 Å².